The van der Waals surface area contributed by atoms with Crippen LogP contribution in [-0.2, 0) is 4.74 Å². The van der Waals surface area contributed by atoms with Gasteiger partial charge in [-0.3, -0.25) is 0 Å². The maximum absolute atomic E-state index is 5.77. The fourth-order valence-electron chi connectivity index (χ4n) is 1.16. The largest absolute Gasteiger partial charge is 0.372 e. The van der Waals surface area contributed by atoms with E-state index in [1.807, 2.05) is 37.6 Å². The highest BCUT2D eigenvalue weighted by Gasteiger charge is 2.31. The molecule has 1 rings (SSSR count). The summed E-state index contributed by atoms with van der Waals surface area (Å²) in [5.74, 6) is 0. The molecule has 2 unspecified atom stereocenters. The quantitative estimate of drug-likeness (QED) is 0.642. The molecule has 61 valence electrons. The van der Waals surface area contributed by atoms with Crippen molar-refractivity contribution in [3.63, 3.8) is 0 Å². The summed E-state index contributed by atoms with van der Waals surface area (Å²) in [5.41, 5.74) is 5.38. The van der Waals surface area contributed by atoms with Gasteiger partial charge < -0.3 is 10.5 Å². The van der Waals surface area contributed by atoms with Crippen molar-refractivity contribution in [2.24, 2.45) is 5.73 Å². The average molecular weight is 152 g/mol. The zero-order valence-electron chi connectivity index (χ0n) is 6.95. The van der Waals surface area contributed by atoms with Crippen molar-refractivity contribution in [2.75, 3.05) is 7.11 Å². The third kappa shape index (κ3) is 1.52. The van der Waals surface area contributed by atoms with Crippen LogP contribution in [0.1, 0.15) is 6.92 Å². The minimum absolute atomic E-state index is 0.0197. The predicted molar refractivity (Wildman–Crippen MR) is 46.0 cm³/mol. The number of ether oxygens (including phenoxy) is 1. The highest BCUT2D eigenvalue weighted by Crippen LogP contribution is 2.23. The van der Waals surface area contributed by atoms with E-state index in [1.54, 1.807) is 7.11 Å². The van der Waals surface area contributed by atoms with Gasteiger partial charge in [0.15, 0.2) is 0 Å². The van der Waals surface area contributed by atoms with E-state index in [4.69, 9.17) is 10.5 Å². The lowest BCUT2D eigenvalue weighted by atomic mass is 9.89. The van der Waals surface area contributed by atoms with Crippen molar-refractivity contribution >= 4 is 0 Å². The molecule has 2 heteroatoms. The first kappa shape index (κ1) is 8.50. The Kier molecular flexibility index (Phi) is 2.47. The van der Waals surface area contributed by atoms with E-state index in [-0.39, 0.29) is 6.04 Å². The minimum Gasteiger partial charge on any atom is -0.372 e. The van der Waals surface area contributed by atoms with Gasteiger partial charge in [-0.2, -0.15) is 0 Å². The number of allylic oxidation sites excluding steroid dienone is 2. The minimum atomic E-state index is -0.394. The van der Waals surface area contributed by atoms with Gasteiger partial charge >= 0.3 is 0 Å². The Morgan fingerprint density at radius 2 is 2.09 bits per heavy atom. The van der Waals surface area contributed by atoms with Crippen LogP contribution in [0.5, 0.6) is 0 Å². The van der Waals surface area contributed by atoms with Crippen molar-refractivity contribution in [1.29, 1.82) is 0 Å². The average Bonchev–Trinajstić information content (AvgIpc) is 2.05. The lowest BCUT2D eigenvalue weighted by Crippen LogP contribution is -2.46. The van der Waals surface area contributed by atoms with Crippen LogP contribution in [0.25, 0.3) is 0 Å². The zero-order chi connectivity index (χ0) is 8.32. The Hall–Kier alpha value is -0.600. The highest BCUT2D eigenvalue weighted by molar-refractivity contribution is 5.29. The molecule has 11 heavy (non-hydrogen) atoms. The molecule has 0 saturated carbocycles. The summed E-state index contributed by atoms with van der Waals surface area (Å²) < 4.78 is 5.32. The van der Waals surface area contributed by atoms with E-state index in [1.165, 1.54) is 0 Å². The second kappa shape index (κ2) is 3.20. The molecule has 0 bridgehead atoms. The van der Waals surface area contributed by atoms with E-state index in [9.17, 15) is 0 Å². The fraction of sp³-hybridized carbons (Fsp3) is 0.444. The second-order valence-corrected chi connectivity index (χ2v) is 2.76. The molecule has 0 aliphatic heterocycles. The van der Waals surface area contributed by atoms with Crippen molar-refractivity contribution < 1.29 is 4.74 Å². The Bertz CT molecular complexity index is 184. The molecule has 2 atom stereocenters. The van der Waals surface area contributed by atoms with Gasteiger partial charge in [0.1, 0.15) is 5.60 Å². The van der Waals surface area contributed by atoms with Crippen LogP contribution >= 0.6 is 0 Å². The molecule has 0 saturated heterocycles. The van der Waals surface area contributed by atoms with Crippen LogP contribution < -0.4 is 5.73 Å². The van der Waals surface area contributed by atoms with Crippen molar-refractivity contribution in [3.05, 3.63) is 30.7 Å². The van der Waals surface area contributed by atoms with Crippen LogP contribution in [0.15, 0.2) is 24.3 Å². The molecule has 0 aromatic rings. The molecule has 0 heterocycles. The number of methoxy groups -OCH3 is 1. The summed E-state index contributed by atoms with van der Waals surface area (Å²) in [4.78, 5) is 0. The molecule has 0 spiro atoms. The lowest BCUT2D eigenvalue weighted by Gasteiger charge is -2.33. The summed E-state index contributed by atoms with van der Waals surface area (Å²) in [5, 5.41) is 0. The Morgan fingerprint density at radius 3 is 2.36 bits per heavy atom. The molecule has 1 radical (unpaired) electrons. The van der Waals surface area contributed by atoms with E-state index in [0.29, 0.717) is 0 Å². The van der Waals surface area contributed by atoms with Gasteiger partial charge in [-0.1, -0.05) is 24.3 Å². The van der Waals surface area contributed by atoms with Crippen LogP contribution in [0.3, 0.4) is 0 Å². The first-order chi connectivity index (χ1) is 5.21. The summed E-state index contributed by atoms with van der Waals surface area (Å²) in [6.07, 6.45) is 9.80. The van der Waals surface area contributed by atoms with Crippen molar-refractivity contribution in [1.82, 2.24) is 0 Å². The number of rotatable bonds is 2. The third-order valence-corrected chi connectivity index (χ3v) is 2.00. The lowest BCUT2D eigenvalue weighted by molar-refractivity contribution is 0.0454. The molecular formula is C9H14NO. The smallest absolute Gasteiger partial charge is 0.108 e. The summed E-state index contributed by atoms with van der Waals surface area (Å²) in [6.45, 7) is 1.93. The molecule has 0 aromatic carbocycles. The summed E-state index contributed by atoms with van der Waals surface area (Å²) >= 11 is 0. The Morgan fingerprint density at radius 1 is 1.36 bits per heavy atom. The molecule has 2 nitrogen and oxygen atoms in total. The van der Waals surface area contributed by atoms with Gasteiger partial charge in [-0.05, 0) is 6.92 Å². The Balaban J connectivity index is 2.77. The SMILES string of the molecule is COC1(C(C)N)[CH]C=CC=C1. The van der Waals surface area contributed by atoms with Crippen LogP contribution in [0.2, 0.25) is 0 Å². The number of nitrogens with two attached hydrogens (primary N) is 1. The van der Waals surface area contributed by atoms with E-state index in [2.05, 4.69) is 0 Å². The predicted octanol–water partition coefficient (Wildman–Crippen LogP) is 1.05. The normalized spacial score (nSPS) is 32.3. The number of hydrogen-bond acceptors (Lipinski definition) is 2. The third-order valence-electron chi connectivity index (χ3n) is 2.00. The maximum Gasteiger partial charge on any atom is 0.108 e. The highest BCUT2D eigenvalue weighted by atomic mass is 16.5. The Labute approximate surface area is 67.7 Å². The van der Waals surface area contributed by atoms with Crippen molar-refractivity contribution in [2.45, 2.75) is 18.6 Å². The zero-order valence-corrected chi connectivity index (χ0v) is 6.95. The summed E-state index contributed by atoms with van der Waals surface area (Å²) in [6, 6.07) is -0.0197. The topological polar surface area (TPSA) is 35.2 Å². The van der Waals surface area contributed by atoms with Gasteiger partial charge in [0.2, 0.25) is 0 Å². The number of hydrogen-bond donors (Lipinski definition) is 1. The first-order valence-electron chi connectivity index (χ1n) is 3.72. The van der Waals surface area contributed by atoms with Gasteiger partial charge in [0.25, 0.3) is 0 Å². The van der Waals surface area contributed by atoms with Gasteiger partial charge in [-0.15, -0.1) is 0 Å². The van der Waals surface area contributed by atoms with Gasteiger partial charge in [0, 0.05) is 19.6 Å². The molecule has 2 N–H and O–H groups in total. The molecule has 1 aliphatic carbocycles. The molecule has 1 aliphatic rings. The molecule has 0 amide bonds. The maximum atomic E-state index is 5.77. The van der Waals surface area contributed by atoms with E-state index < -0.39 is 5.60 Å². The van der Waals surface area contributed by atoms with Crippen molar-refractivity contribution in [3.8, 4) is 0 Å². The second-order valence-electron chi connectivity index (χ2n) is 2.76. The standard InChI is InChI=1S/C9H14NO/c1-8(10)9(11-2)6-4-3-5-7-9/h3-8H,10H2,1-2H3. The monoisotopic (exact) mass is 152 g/mol. The van der Waals surface area contributed by atoms with Gasteiger partial charge in [-0.25, -0.2) is 0 Å². The van der Waals surface area contributed by atoms with Gasteiger partial charge in [0.05, 0.1) is 0 Å². The fourth-order valence-corrected chi connectivity index (χ4v) is 1.16. The van der Waals surface area contributed by atoms with E-state index >= 15 is 0 Å². The van der Waals surface area contributed by atoms with Crippen LogP contribution in [-0.4, -0.2) is 18.8 Å². The first-order valence-corrected chi connectivity index (χ1v) is 3.72. The van der Waals surface area contributed by atoms with Crippen LogP contribution in [0.4, 0.5) is 0 Å². The van der Waals surface area contributed by atoms with E-state index in [0.717, 1.165) is 0 Å². The molecule has 0 fully saturated rings. The summed E-state index contributed by atoms with van der Waals surface area (Å²) in [7, 11) is 1.67. The molecule has 0 aromatic heterocycles. The molecular weight excluding hydrogens is 138 g/mol. The van der Waals surface area contributed by atoms with Crippen LogP contribution in [0, 0.1) is 6.42 Å².